The van der Waals surface area contributed by atoms with E-state index in [4.69, 9.17) is 23.7 Å². The molecule has 1 heterocycles. The fourth-order valence-electron chi connectivity index (χ4n) is 3.31. The number of carbonyl (C=O) groups is 2. The molecule has 0 amide bonds. The molecule has 5 atom stereocenters. The van der Waals surface area contributed by atoms with Crippen molar-refractivity contribution < 1.29 is 33.3 Å². The summed E-state index contributed by atoms with van der Waals surface area (Å²) in [5.41, 5.74) is 0. The second kappa shape index (κ2) is 8.12. The average Bonchev–Trinajstić information content (AvgIpc) is 2.89. The number of fused-ring (bicyclic) bond motifs is 1. The maximum atomic E-state index is 11.7. The molecule has 1 aliphatic carbocycles. The molecule has 7 nitrogen and oxygen atoms in total. The molecule has 0 aromatic heterocycles. The summed E-state index contributed by atoms with van der Waals surface area (Å²) in [7, 11) is 1.54. The predicted molar refractivity (Wildman–Crippen MR) is 88.6 cm³/mol. The van der Waals surface area contributed by atoms with Gasteiger partial charge in [-0.2, -0.15) is 0 Å². The van der Waals surface area contributed by atoms with Gasteiger partial charge in [0.1, 0.15) is 6.10 Å². The van der Waals surface area contributed by atoms with Gasteiger partial charge < -0.3 is 23.7 Å². The Kier molecular flexibility index (Phi) is 6.37. The molecule has 1 saturated carbocycles. The van der Waals surface area contributed by atoms with E-state index >= 15 is 0 Å². The van der Waals surface area contributed by atoms with Crippen LogP contribution in [-0.4, -0.2) is 55.9 Å². The van der Waals surface area contributed by atoms with Crippen LogP contribution in [0.4, 0.5) is 0 Å². The summed E-state index contributed by atoms with van der Waals surface area (Å²) in [5, 5.41) is 0. The van der Waals surface area contributed by atoms with Crippen molar-refractivity contribution in [1.82, 2.24) is 0 Å². The van der Waals surface area contributed by atoms with Crippen LogP contribution in [0.15, 0.2) is 25.3 Å². The Bertz CT molecular complexity index is 528. The Morgan fingerprint density at radius 2 is 1.92 bits per heavy atom. The highest BCUT2D eigenvalue weighted by atomic mass is 16.8. The van der Waals surface area contributed by atoms with Gasteiger partial charge in [-0.15, -0.1) is 6.58 Å². The molecular weight excluding hydrogens is 328 g/mol. The second-order valence-corrected chi connectivity index (χ2v) is 6.62. The van der Waals surface area contributed by atoms with Crippen molar-refractivity contribution in [3.63, 3.8) is 0 Å². The topological polar surface area (TPSA) is 80.3 Å². The quantitative estimate of drug-likeness (QED) is 0.391. The van der Waals surface area contributed by atoms with E-state index in [0.29, 0.717) is 6.42 Å². The number of ether oxygens (including phenoxy) is 5. The average molecular weight is 354 g/mol. The summed E-state index contributed by atoms with van der Waals surface area (Å²) in [6.45, 7) is 10.7. The third kappa shape index (κ3) is 4.68. The van der Waals surface area contributed by atoms with E-state index in [-0.39, 0.29) is 31.0 Å². The van der Waals surface area contributed by atoms with Crippen LogP contribution in [0.1, 0.15) is 26.7 Å². The van der Waals surface area contributed by atoms with Crippen LogP contribution in [0.2, 0.25) is 0 Å². The van der Waals surface area contributed by atoms with Crippen LogP contribution in [0.5, 0.6) is 0 Å². The van der Waals surface area contributed by atoms with E-state index in [1.807, 2.05) is 0 Å². The molecule has 25 heavy (non-hydrogen) atoms. The molecule has 1 saturated heterocycles. The van der Waals surface area contributed by atoms with Crippen LogP contribution in [-0.2, 0) is 33.3 Å². The van der Waals surface area contributed by atoms with Crippen LogP contribution in [0.3, 0.4) is 0 Å². The third-order valence-corrected chi connectivity index (χ3v) is 4.34. The number of carbonyl (C=O) groups excluding carboxylic acids is 2. The van der Waals surface area contributed by atoms with Gasteiger partial charge >= 0.3 is 11.9 Å². The van der Waals surface area contributed by atoms with Crippen molar-refractivity contribution in [3.05, 3.63) is 25.3 Å². The highest BCUT2D eigenvalue weighted by Gasteiger charge is 2.56. The van der Waals surface area contributed by atoms with Crippen LogP contribution < -0.4 is 0 Å². The van der Waals surface area contributed by atoms with Gasteiger partial charge in [0.2, 0.25) is 0 Å². The van der Waals surface area contributed by atoms with Gasteiger partial charge in [-0.3, -0.25) is 4.79 Å². The summed E-state index contributed by atoms with van der Waals surface area (Å²) in [4.78, 5) is 23.3. The zero-order chi connectivity index (χ0) is 18.6. The van der Waals surface area contributed by atoms with E-state index in [1.54, 1.807) is 21.0 Å². The summed E-state index contributed by atoms with van der Waals surface area (Å²) >= 11 is 0. The smallest absolute Gasteiger partial charge is 0.330 e. The normalized spacial score (nSPS) is 33.2. The molecule has 0 bridgehead atoms. The molecule has 5 unspecified atom stereocenters. The fraction of sp³-hybridized carbons (Fsp3) is 0.667. The molecule has 0 radical (unpaired) electrons. The molecule has 2 rings (SSSR count). The molecule has 7 heteroatoms. The first kappa shape index (κ1) is 19.6. The largest absolute Gasteiger partial charge is 0.465 e. The summed E-state index contributed by atoms with van der Waals surface area (Å²) in [5.74, 6) is -1.86. The Morgan fingerprint density at radius 3 is 2.52 bits per heavy atom. The Morgan fingerprint density at radius 1 is 1.24 bits per heavy atom. The van der Waals surface area contributed by atoms with Crippen molar-refractivity contribution in [2.24, 2.45) is 5.92 Å². The minimum atomic E-state index is -0.833. The second-order valence-electron chi connectivity index (χ2n) is 6.62. The molecule has 0 aromatic rings. The molecule has 0 aromatic carbocycles. The molecule has 1 aliphatic heterocycles. The lowest BCUT2D eigenvalue weighted by atomic mass is 9.81. The zero-order valence-corrected chi connectivity index (χ0v) is 14.9. The number of hydrogen-bond acceptors (Lipinski definition) is 7. The number of methoxy groups -OCH3 is 1. The molecule has 0 spiro atoms. The lowest BCUT2D eigenvalue weighted by Gasteiger charge is -2.40. The lowest BCUT2D eigenvalue weighted by molar-refractivity contribution is -0.183. The lowest BCUT2D eigenvalue weighted by Crippen LogP contribution is -2.55. The highest BCUT2D eigenvalue weighted by molar-refractivity contribution is 5.81. The van der Waals surface area contributed by atoms with Crippen molar-refractivity contribution in [2.75, 3.05) is 13.7 Å². The van der Waals surface area contributed by atoms with Gasteiger partial charge in [0.25, 0.3) is 0 Å². The van der Waals surface area contributed by atoms with Crippen molar-refractivity contribution >= 4 is 11.9 Å². The van der Waals surface area contributed by atoms with Crippen molar-refractivity contribution in [3.8, 4) is 0 Å². The van der Waals surface area contributed by atoms with E-state index < -0.39 is 30.1 Å². The van der Waals surface area contributed by atoms with Gasteiger partial charge in [-0.1, -0.05) is 12.7 Å². The summed E-state index contributed by atoms with van der Waals surface area (Å²) in [6.07, 6.45) is 1.35. The molecule has 140 valence electrons. The number of esters is 2. The maximum Gasteiger partial charge on any atom is 0.330 e. The SMILES string of the molecule is C=CCC(=O)OCC1CC(OC)C(OC(=O)C=C)C2OC(C)(C)OC12. The highest BCUT2D eigenvalue weighted by Crippen LogP contribution is 2.42. The molecule has 2 fully saturated rings. The Hall–Kier alpha value is -1.70. The first-order valence-corrected chi connectivity index (χ1v) is 8.29. The van der Waals surface area contributed by atoms with Gasteiger partial charge in [0.15, 0.2) is 11.9 Å². The van der Waals surface area contributed by atoms with E-state index in [2.05, 4.69) is 13.2 Å². The van der Waals surface area contributed by atoms with E-state index in [1.165, 1.54) is 6.08 Å². The van der Waals surface area contributed by atoms with Crippen molar-refractivity contribution in [2.45, 2.75) is 56.9 Å². The molecule has 2 aliphatic rings. The zero-order valence-electron chi connectivity index (χ0n) is 14.9. The van der Waals surface area contributed by atoms with Crippen LogP contribution in [0.25, 0.3) is 0 Å². The molecule has 0 N–H and O–H groups in total. The van der Waals surface area contributed by atoms with Crippen LogP contribution in [0, 0.1) is 5.92 Å². The van der Waals surface area contributed by atoms with Crippen LogP contribution >= 0.6 is 0 Å². The Balaban J connectivity index is 2.16. The summed E-state index contributed by atoms with van der Waals surface area (Å²) < 4.78 is 28.2. The number of rotatable bonds is 7. The van der Waals surface area contributed by atoms with Gasteiger partial charge in [-0.25, -0.2) is 4.79 Å². The third-order valence-electron chi connectivity index (χ3n) is 4.34. The van der Waals surface area contributed by atoms with E-state index in [9.17, 15) is 9.59 Å². The maximum absolute atomic E-state index is 11.7. The van der Waals surface area contributed by atoms with Gasteiger partial charge in [0.05, 0.1) is 25.2 Å². The number of hydrogen-bond donors (Lipinski definition) is 0. The first-order chi connectivity index (χ1) is 11.8. The van der Waals surface area contributed by atoms with Gasteiger partial charge in [0, 0.05) is 19.1 Å². The van der Waals surface area contributed by atoms with E-state index in [0.717, 1.165) is 6.08 Å². The minimum Gasteiger partial charge on any atom is -0.465 e. The minimum absolute atomic E-state index is 0.135. The summed E-state index contributed by atoms with van der Waals surface area (Å²) in [6, 6.07) is 0. The monoisotopic (exact) mass is 354 g/mol. The standard InChI is InChI=1S/C18H26O7/c1-6-8-14(20)22-10-11-9-12(21-5)16(23-13(19)7-2)17-15(11)24-18(3,4)25-17/h6-7,11-12,15-17H,1-2,8-10H2,3-5H3. The van der Waals surface area contributed by atoms with Crippen molar-refractivity contribution in [1.29, 1.82) is 0 Å². The fourth-order valence-corrected chi connectivity index (χ4v) is 3.31. The first-order valence-electron chi connectivity index (χ1n) is 8.29. The molecular formula is C18H26O7. The predicted octanol–water partition coefficient (Wildman–Crippen LogP) is 1.76. The van der Waals surface area contributed by atoms with Gasteiger partial charge in [-0.05, 0) is 20.3 Å². The Labute approximate surface area is 147 Å².